The quantitative estimate of drug-likeness (QED) is 0.831. The van der Waals surface area contributed by atoms with E-state index in [1.807, 2.05) is 31.3 Å². The van der Waals surface area contributed by atoms with Crippen LogP contribution < -0.4 is 9.33 Å². The Kier molecular flexibility index (Phi) is 2.92. The molecule has 1 aliphatic rings. The van der Waals surface area contributed by atoms with E-state index in [4.69, 9.17) is 9.84 Å². The predicted octanol–water partition coefficient (Wildman–Crippen LogP) is 1.99. The van der Waals surface area contributed by atoms with Crippen LogP contribution in [-0.4, -0.2) is 30.9 Å². The normalized spacial score (nSPS) is 22.4. The van der Waals surface area contributed by atoms with Crippen LogP contribution in [0.2, 0.25) is 0 Å². The van der Waals surface area contributed by atoms with Crippen molar-refractivity contribution >= 4 is 17.4 Å². The molecule has 1 atom stereocenters. The molecule has 0 saturated carbocycles. The number of carbonyl (C=O) groups is 1. The van der Waals surface area contributed by atoms with Gasteiger partial charge >= 0.3 is 5.97 Å². The highest BCUT2D eigenvalue weighted by molar-refractivity contribution is 6.19. The molecule has 0 radical (unpaired) electrons. The fraction of sp³-hybridized carbons (Fsp3) is 0.231. The molecule has 0 spiro atoms. The van der Waals surface area contributed by atoms with Crippen LogP contribution in [0.1, 0.15) is 6.92 Å². The third kappa shape index (κ3) is 2.00. The molecule has 0 fully saturated rings. The lowest BCUT2D eigenvalue weighted by Gasteiger charge is -2.20. The number of ether oxygens (including phenoxy) is 1. The summed E-state index contributed by atoms with van der Waals surface area (Å²) >= 11 is 0. The maximum absolute atomic E-state index is 11.1. The third-order valence-electron chi connectivity index (χ3n) is 2.93. The Morgan fingerprint density at radius 3 is 2.72 bits per heavy atom. The van der Waals surface area contributed by atoms with E-state index in [0.29, 0.717) is 5.71 Å². The Bertz CT molecular complexity index is 563. The lowest BCUT2D eigenvalue weighted by Crippen LogP contribution is -2.30. The first-order valence-electron chi connectivity index (χ1n) is 5.50. The number of aliphatic carboxylic acids is 1. The molecule has 5 nitrogen and oxygen atoms in total. The van der Waals surface area contributed by atoms with Crippen molar-refractivity contribution in [3.05, 3.63) is 36.0 Å². The average molecular weight is 247 g/mol. The Labute approximate surface area is 105 Å². The first kappa shape index (κ1) is 12.3. The van der Waals surface area contributed by atoms with Crippen molar-refractivity contribution in [2.24, 2.45) is 5.10 Å². The monoisotopic (exact) mass is 247 g/mol. The molecule has 0 saturated heterocycles. The Morgan fingerprint density at radius 2 is 2.17 bits per heavy atom. The molecule has 0 amide bonds. The summed E-state index contributed by atoms with van der Waals surface area (Å²) < 4.78 is 5.25. The van der Waals surface area contributed by atoms with Gasteiger partial charge in [0.25, 0.3) is 0 Å². The number of rotatable bonds is 3. The van der Waals surface area contributed by atoms with Crippen LogP contribution in [0.5, 0.6) is 5.75 Å². The van der Waals surface area contributed by atoms with Crippen LogP contribution in [0.3, 0.4) is 0 Å². The molecule has 1 N–H and O–H groups in total. The van der Waals surface area contributed by atoms with Crippen molar-refractivity contribution in [2.45, 2.75) is 6.92 Å². The molecule has 1 unspecified atom stereocenters. The van der Waals surface area contributed by atoms with Crippen LogP contribution in [0.4, 0.5) is 5.69 Å². The minimum Gasteiger partial charge on any atom is -0.497 e. The zero-order valence-corrected chi connectivity index (χ0v) is 10.5. The minimum atomic E-state index is -0.957. The van der Waals surface area contributed by atoms with Crippen LogP contribution in [0.25, 0.3) is 0 Å². The van der Waals surface area contributed by atoms with E-state index in [2.05, 4.69) is 5.10 Å². The fourth-order valence-corrected chi connectivity index (χ4v) is 1.97. The molecule has 0 aliphatic carbocycles. The van der Waals surface area contributed by atoms with Gasteiger partial charge in [0.2, 0.25) is 0 Å². The summed E-state index contributed by atoms with van der Waals surface area (Å²) in [6.45, 7) is 1.70. The van der Waals surface area contributed by atoms with Crippen molar-refractivity contribution in [3.63, 3.8) is 0 Å². The van der Waals surface area contributed by atoms with Crippen molar-refractivity contribution in [1.29, 1.82) is 0 Å². The Morgan fingerprint density at radius 1 is 1.44 bits per heavy atom. The van der Waals surface area contributed by atoms with E-state index in [0.717, 1.165) is 11.4 Å². The van der Waals surface area contributed by atoms with Gasteiger partial charge in [0.1, 0.15) is 30.3 Å². The average Bonchev–Trinajstić information content (AvgIpc) is 2.66. The number of quaternary nitrogens is 1. The van der Waals surface area contributed by atoms with Crippen molar-refractivity contribution in [2.75, 3.05) is 14.2 Å². The van der Waals surface area contributed by atoms with Gasteiger partial charge in [-0.1, -0.05) is 11.2 Å². The maximum Gasteiger partial charge on any atom is 0.343 e. The van der Waals surface area contributed by atoms with E-state index in [-0.39, 0.29) is 10.2 Å². The lowest BCUT2D eigenvalue weighted by atomic mass is 10.2. The lowest BCUT2D eigenvalue weighted by molar-refractivity contribution is -0.132. The fourth-order valence-electron chi connectivity index (χ4n) is 1.97. The highest BCUT2D eigenvalue weighted by Crippen LogP contribution is 2.31. The molecule has 5 heteroatoms. The van der Waals surface area contributed by atoms with Crippen LogP contribution in [-0.2, 0) is 4.79 Å². The summed E-state index contributed by atoms with van der Waals surface area (Å²) in [5.41, 5.74) is 1.61. The summed E-state index contributed by atoms with van der Waals surface area (Å²) in [5, 5.41) is 13.5. The van der Waals surface area contributed by atoms with E-state index in [1.165, 1.54) is 0 Å². The van der Waals surface area contributed by atoms with Crippen molar-refractivity contribution in [3.8, 4) is 5.75 Å². The second-order valence-electron chi connectivity index (χ2n) is 4.26. The van der Waals surface area contributed by atoms with Crippen LogP contribution in [0.15, 0.2) is 41.1 Å². The van der Waals surface area contributed by atoms with Gasteiger partial charge in [0.05, 0.1) is 7.11 Å². The number of methoxy groups -OCH3 is 1. The van der Waals surface area contributed by atoms with E-state index in [1.54, 1.807) is 20.2 Å². The summed E-state index contributed by atoms with van der Waals surface area (Å²) in [6, 6.07) is 7.43. The van der Waals surface area contributed by atoms with E-state index < -0.39 is 5.97 Å². The molecule has 2 rings (SSSR count). The van der Waals surface area contributed by atoms with E-state index >= 15 is 0 Å². The van der Waals surface area contributed by atoms with Gasteiger partial charge in [-0.25, -0.2) is 4.79 Å². The number of carboxylic acids is 1. The molecular formula is C13H15N2O3+. The first-order chi connectivity index (χ1) is 8.46. The van der Waals surface area contributed by atoms with Gasteiger partial charge in [-0.05, 0) is 13.0 Å². The Hall–Kier alpha value is -2.14. The predicted molar refractivity (Wildman–Crippen MR) is 69.5 cm³/mol. The SMILES string of the molecule is COc1cccc([N+]2(C)C=C(C(=O)O)C(C)=N2)c1. The van der Waals surface area contributed by atoms with Gasteiger partial charge in [-0.15, -0.1) is 4.59 Å². The maximum atomic E-state index is 11.1. The third-order valence-corrected chi connectivity index (χ3v) is 2.93. The number of hydrogen-bond acceptors (Lipinski definition) is 3. The largest absolute Gasteiger partial charge is 0.497 e. The van der Waals surface area contributed by atoms with Gasteiger partial charge in [0.15, 0.2) is 5.69 Å². The standard InChI is InChI=1S/C13H14N2O3/c1-9-12(13(16)17)8-15(2,14-9)10-5-4-6-11(7-10)18-3/h4-8H,1-3H3/p+1. The summed E-state index contributed by atoms with van der Waals surface area (Å²) in [6.07, 6.45) is 1.62. The topological polar surface area (TPSA) is 58.9 Å². The molecule has 1 aromatic carbocycles. The zero-order chi connectivity index (χ0) is 13.3. The highest BCUT2D eigenvalue weighted by atomic mass is 16.5. The number of hydrogen-bond donors (Lipinski definition) is 1. The van der Waals surface area contributed by atoms with Gasteiger partial charge in [-0.2, -0.15) is 0 Å². The summed E-state index contributed by atoms with van der Waals surface area (Å²) in [4.78, 5) is 11.1. The Balaban J connectivity index is 2.48. The minimum absolute atomic E-state index is 0.0880. The van der Waals surface area contributed by atoms with Gasteiger partial charge < -0.3 is 9.84 Å². The molecular weight excluding hydrogens is 232 g/mol. The zero-order valence-electron chi connectivity index (χ0n) is 10.5. The van der Waals surface area contributed by atoms with Gasteiger partial charge in [0, 0.05) is 12.1 Å². The van der Waals surface area contributed by atoms with Crippen molar-refractivity contribution in [1.82, 2.24) is 4.59 Å². The molecule has 0 bridgehead atoms. The van der Waals surface area contributed by atoms with E-state index in [9.17, 15) is 4.79 Å². The molecule has 18 heavy (non-hydrogen) atoms. The molecule has 0 aromatic heterocycles. The number of carboxylic acid groups (broad SMARTS) is 1. The second-order valence-corrected chi connectivity index (χ2v) is 4.26. The van der Waals surface area contributed by atoms with Gasteiger partial charge in [-0.3, -0.25) is 0 Å². The number of nitrogens with zero attached hydrogens (tertiary/aromatic N) is 2. The van der Waals surface area contributed by atoms with Crippen LogP contribution in [0, 0.1) is 0 Å². The first-order valence-corrected chi connectivity index (χ1v) is 5.50. The molecule has 1 heterocycles. The molecule has 1 aromatic rings. The molecule has 1 aliphatic heterocycles. The summed E-state index contributed by atoms with van der Waals surface area (Å²) in [5.74, 6) is -0.238. The number of benzene rings is 1. The second kappa shape index (κ2) is 4.27. The summed E-state index contributed by atoms with van der Waals surface area (Å²) in [7, 11) is 3.42. The smallest absolute Gasteiger partial charge is 0.343 e. The van der Waals surface area contributed by atoms with Crippen LogP contribution >= 0.6 is 0 Å². The highest BCUT2D eigenvalue weighted by Gasteiger charge is 2.34. The van der Waals surface area contributed by atoms with Crippen molar-refractivity contribution < 1.29 is 14.6 Å². The molecule has 94 valence electrons.